The standard InChI is InChI=1S/C21H25N5O2/c1-2-19-23-10-13-25(19)12-8-21(27)26-11-7-18-17(15-26)24-20(28-18)6-5-16-4-3-9-22-14-16/h3-4,9-10,13-14H,2,5-8,11-12,15H2,1H3. The second-order valence-corrected chi connectivity index (χ2v) is 7.04. The molecule has 28 heavy (non-hydrogen) atoms. The first kappa shape index (κ1) is 18.4. The van der Waals surface area contributed by atoms with Crippen LogP contribution in [0.2, 0.25) is 0 Å². The van der Waals surface area contributed by atoms with Crippen molar-refractivity contribution in [3.63, 3.8) is 0 Å². The molecule has 1 amide bonds. The van der Waals surface area contributed by atoms with Crippen molar-refractivity contribution in [2.75, 3.05) is 6.54 Å². The Kier molecular flexibility index (Phi) is 5.50. The van der Waals surface area contributed by atoms with Gasteiger partial charge < -0.3 is 13.9 Å². The molecule has 0 saturated heterocycles. The number of hydrogen-bond acceptors (Lipinski definition) is 5. The number of oxazole rings is 1. The van der Waals surface area contributed by atoms with Crippen LogP contribution in [0.25, 0.3) is 0 Å². The Morgan fingerprint density at radius 3 is 3.04 bits per heavy atom. The average Bonchev–Trinajstić information content (AvgIpc) is 3.36. The largest absolute Gasteiger partial charge is 0.445 e. The Labute approximate surface area is 164 Å². The van der Waals surface area contributed by atoms with E-state index in [-0.39, 0.29) is 5.91 Å². The van der Waals surface area contributed by atoms with E-state index < -0.39 is 0 Å². The first-order valence-corrected chi connectivity index (χ1v) is 9.87. The van der Waals surface area contributed by atoms with Crippen LogP contribution in [0.15, 0.2) is 41.3 Å². The molecule has 146 valence electrons. The van der Waals surface area contributed by atoms with Gasteiger partial charge in [-0.15, -0.1) is 0 Å². The summed E-state index contributed by atoms with van der Waals surface area (Å²) in [4.78, 5) is 27.6. The molecule has 0 N–H and O–H groups in total. The number of aryl methyl sites for hydroxylation is 4. The number of nitrogens with zero attached hydrogens (tertiary/aromatic N) is 5. The van der Waals surface area contributed by atoms with Gasteiger partial charge in [0.25, 0.3) is 0 Å². The zero-order valence-electron chi connectivity index (χ0n) is 16.2. The van der Waals surface area contributed by atoms with Crippen LogP contribution in [-0.2, 0) is 43.6 Å². The van der Waals surface area contributed by atoms with Gasteiger partial charge in [0.15, 0.2) is 5.89 Å². The fraction of sp³-hybridized carbons (Fsp3) is 0.429. The third kappa shape index (κ3) is 4.13. The molecule has 0 atom stereocenters. The van der Waals surface area contributed by atoms with E-state index in [0.717, 1.165) is 48.9 Å². The Hall–Kier alpha value is -2.96. The van der Waals surface area contributed by atoms with Crippen LogP contribution in [0, 0.1) is 0 Å². The highest BCUT2D eigenvalue weighted by Crippen LogP contribution is 2.21. The summed E-state index contributed by atoms with van der Waals surface area (Å²) < 4.78 is 7.98. The smallest absolute Gasteiger partial charge is 0.224 e. The highest BCUT2D eigenvalue weighted by atomic mass is 16.4. The molecule has 0 fully saturated rings. The van der Waals surface area contributed by atoms with Crippen molar-refractivity contribution < 1.29 is 9.21 Å². The van der Waals surface area contributed by atoms with Gasteiger partial charge in [0.05, 0.1) is 6.54 Å². The van der Waals surface area contributed by atoms with Crippen LogP contribution in [-0.4, -0.2) is 36.9 Å². The van der Waals surface area contributed by atoms with E-state index in [4.69, 9.17) is 4.42 Å². The van der Waals surface area contributed by atoms with Gasteiger partial charge in [-0.25, -0.2) is 9.97 Å². The van der Waals surface area contributed by atoms with Gasteiger partial charge in [0.1, 0.15) is 17.3 Å². The van der Waals surface area contributed by atoms with E-state index in [2.05, 4.69) is 32.5 Å². The number of carbonyl (C=O) groups excluding carboxylic acids is 1. The number of fused-ring (bicyclic) bond motifs is 1. The van der Waals surface area contributed by atoms with Crippen LogP contribution in [0.1, 0.15) is 42.1 Å². The summed E-state index contributed by atoms with van der Waals surface area (Å²) >= 11 is 0. The van der Waals surface area contributed by atoms with Crippen molar-refractivity contribution in [2.24, 2.45) is 0 Å². The molecule has 1 aliphatic rings. The first-order chi connectivity index (χ1) is 13.7. The maximum atomic E-state index is 12.6. The number of imidazole rings is 1. The molecule has 0 aromatic carbocycles. The van der Waals surface area contributed by atoms with Crippen molar-refractivity contribution in [3.8, 4) is 0 Å². The normalized spacial score (nSPS) is 13.5. The molecule has 3 aromatic heterocycles. The van der Waals surface area contributed by atoms with Crippen molar-refractivity contribution in [3.05, 3.63) is 65.7 Å². The molecular weight excluding hydrogens is 354 g/mol. The Balaban J connectivity index is 1.32. The number of hydrogen-bond donors (Lipinski definition) is 0. The summed E-state index contributed by atoms with van der Waals surface area (Å²) in [5.41, 5.74) is 2.07. The number of pyridine rings is 1. The maximum absolute atomic E-state index is 12.6. The van der Waals surface area contributed by atoms with E-state index in [9.17, 15) is 4.79 Å². The maximum Gasteiger partial charge on any atom is 0.224 e. The molecule has 0 aliphatic carbocycles. The van der Waals surface area contributed by atoms with Gasteiger partial charge in [0, 0.05) is 63.6 Å². The van der Waals surface area contributed by atoms with Gasteiger partial charge in [-0.2, -0.15) is 0 Å². The van der Waals surface area contributed by atoms with E-state index in [1.54, 1.807) is 12.4 Å². The van der Waals surface area contributed by atoms with E-state index >= 15 is 0 Å². The Morgan fingerprint density at radius 1 is 1.29 bits per heavy atom. The molecule has 7 nitrogen and oxygen atoms in total. The molecule has 1 aliphatic heterocycles. The van der Waals surface area contributed by atoms with E-state index in [0.29, 0.717) is 26.1 Å². The highest BCUT2D eigenvalue weighted by molar-refractivity contribution is 5.76. The fourth-order valence-corrected chi connectivity index (χ4v) is 3.60. The summed E-state index contributed by atoms with van der Waals surface area (Å²) in [5, 5.41) is 0. The predicted octanol–water partition coefficient (Wildman–Crippen LogP) is 2.59. The van der Waals surface area contributed by atoms with Gasteiger partial charge >= 0.3 is 0 Å². The molecule has 0 bridgehead atoms. The summed E-state index contributed by atoms with van der Waals surface area (Å²) in [5.74, 6) is 2.84. The second-order valence-electron chi connectivity index (χ2n) is 7.04. The minimum absolute atomic E-state index is 0.154. The second kappa shape index (κ2) is 8.37. The lowest BCUT2D eigenvalue weighted by Gasteiger charge is -2.25. The molecule has 0 unspecified atom stereocenters. The van der Waals surface area contributed by atoms with Crippen molar-refractivity contribution in [1.82, 2.24) is 24.4 Å². The lowest BCUT2D eigenvalue weighted by molar-refractivity contribution is -0.132. The number of carbonyl (C=O) groups is 1. The molecule has 3 aromatic rings. The van der Waals surface area contributed by atoms with Gasteiger partial charge in [-0.1, -0.05) is 13.0 Å². The van der Waals surface area contributed by atoms with E-state index in [1.807, 2.05) is 23.4 Å². The summed E-state index contributed by atoms with van der Waals surface area (Å²) in [6, 6.07) is 3.99. The zero-order chi connectivity index (χ0) is 19.3. The molecular formula is C21H25N5O2. The molecule has 4 heterocycles. The third-order valence-corrected chi connectivity index (χ3v) is 5.16. The lowest BCUT2D eigenvalue weighted by atomic mass is 10.1. The Morgan fingerprint density at radius 2 is 2.21 bits per heavy atom. The monoisotopic (exact) mass is 379 g/mol. The number of aromatic nitrogens is 4. The minimum Gasteiger partial charge on any atom is -0.445 e. The van der Waals surface area contributed by atoms with Crippen LogP contribution >= 0.6 is 0 Å². The molecule has 0 spiro atoms. The summed E-state index contributed by atoms with van der Waals surface area (Å²) in [7, 11) is 0. The van der Waals surface area contributed by atoms with Crippen molar-refractivity contribution in [2.45, 2.75) is 52.1 Å². The topological polar surface area (TPSA) is 77.0 Å². The van der Waals surface area contributed by atoms with Crippen molar-refractivity contribution in [1.29, 1.82) is 0 Å². The molecule has 7 heteroatoms. The van der Waals surface area contributed by atoms with Crippen LogP contribution in [0.4, 0.5) is 0 Å². The predicted molar refractivity (Wildman–Crippen MR) is 103 cm³/mol. The van der Waals surface area contributed by atoms with Crippen LogP contribution < -0.4 is 0 Å². The average molecular weight is 379 g/mol. The van der Waals surface area contributed by atoms with E-state index in [1.165, 1.54) is 5.56 Å². The Bertz CT molecular complexity index is 931. The van der Waals surface area contributed by atoms with Gasteiger partial charge in [0.2, 0.25) is 5.91 Å². The van der Waals surface area contributed by atoms with Gasteiger partial charge in [-0.3, -0.25) is 9.78 Å². The minimum atomic E-state index is 0.154. The summed E-state index contributed by atoms with van der Waals surface area (Å²) in [6.07, 6.45) is 11.0. The molecule has 0 saturated carbocycles. The number of amides is 1. The lowest BCUT2D eigenvalue weighted by Crippen LogP contribution is -2.36. The fourth-order valence-electron chi connectivity index (χ4n) is 3.60. The third-order valence-electron chi connectivity index (χ3n) is 5.16. The van der Waals surface area contributed by atoms with Crippen LogP contribution in [0.3, 0.4) is 0 Å². The quantitative estimate of drug-likeness (QED) is 0.631. The zero-order valence-corrected chi connectivity index (χ0v) is 16.2. The highest BCUT2D eigenvalue weighted by Gasteiger charge is 2.25. The summed E-state index contributed by atoms with van der Waals surface area (Å²) in [6.45, 7) is 3.96. The van der Waals surface area contributed by atoms with Gasteiger partial charge in [-0.05, 0) is 18.1 Å². The number of rotatable bonds is 7. The molecule has 0 radical (unpaired) electrons. The SMILES string of the molecule is CCc1nccn1CCC(=O)N1CCc2oc(CCc3cccnc3)nc2C1. The van der Waals surface area contributed by atoms with Crippen LogP contribution in [0.5, 0.6) is 0 Å². The first-order valence-electron chi connectivity index (χ1n) is 9.87. The molecule has 4 rings (SSSR count). The van der Waals surface area contributed by atoms with Crippen molar-refractivity contribution >= 4 is 5.91 Å².